The lowest BCUT2D eigenvalue weighted by Gasteiger charge is -2.43. The first kappa shape index (κ1) is 23.2. The van der Waals surface area contributed by atoms with Crippen molar-refractivity contribution in [3.8, 4) is 0 Å². The Labute approximate surface area is 173 Å². The van der Waals surface area contributed by atoms with Crippen LogP contribution >= 0.6 is 0 Å². The Morgan fingerprint density at radius 3 is 2.28 bits per heavy atom. The molecule has 0 bridgehead atoms. The second-order valence-electron chi connectivity index (χ2n) is 9.91. The van der Waals surface area contributed by atoms with Crippen molar-refractivity contribution in [2.75, 3.05) is 13.2 Å². The van der Waals surface area contributed by atoms with E-state index >= 15 is 0 Å². The molecule has 0 aromatic rings. The summed E-state index contributed by atoms with van der Waals surface area (Å²) in [4.78, 5) is 52.6. The van der Waals surface area contributed by atoms with E-state index in [4.69, 9.17) is 4.74 Å². The lowest BCUT2D eigenvalue weighted by molar-refractivity contribution is -0.155. The Kier molecular flexibility index (Phi) is 6.65. The molecule has 0 aromatic carbocycles. The minimum absolute atomic E-state index is 0.0244. The van der Waals surface area contributed by atoms with Gasteiger partial charge in [0, 0.05) is 12.1 Å². The number of esters is 1. The Hall–Kier alpha value is -2.12. The molecule has 1 saturated carbocycles. The molecule has 8 nitrogen and oxygen atoms in total. The van der Waals surface area contributed by atoms with Crippen molar-refractivity contribution in [3.63, 3.8) is 0 Å². The highest BCUT2D eigenvalue weighted by atomic mass is 16.5. The predicted octanol–water partition coefficient (Wildman–Crippen LogP) is 2.31. The van der Waals surface area contributed by atoms with E-state index in [0.717, 1.165) is 11.3 Å². The van der Waals surface area contributed by atoms with Crippen LogP contribution in [0.5, 0.6) is 0 Å². The first-order valence-electron chi connectivity index (χ1n) is 10.4. The van der Waals surface area contributed by atoms with Gasteiger partial charge in [-0.3, -0.25) is 19.3 Å². The van der Waals surface area contributed by atoms with Crippen molar-refractivity contribution in [2.24, 2.45) is 11.3 Å². The molecule has 1 heterocycles. The maximum absolute atomic E-state index is 13.0. The van der Waals surface area contributed by atoms with E-state index < -0.39 is 30.7 Å². The van der Waals surface area contributed by atoms with Crippen LogP contribution in [0.3, 0.4) is 0 Å². The summed E-state index contributed by atoms with van der Waals surface area (Å²) < 4.78 is 5.08. The van der Waals surface area contributed by atoms with E-state index in [1.807, 2.05) is 27.7 Å². The normalized spacial score (nSPS) is 26.2. The van der Waals surface area contributed by atoms with Gasteiger partial charge in [0.25, 0.3) is 11.8 Å². The van der Waals surface area contributed by atoms with E-state index in [1.165, 1.54) is 0 Å². The fourth-order valence-electron chi connectivity index (χ4n) is 5.21. The Balaban J connectivity index is 2.00. The first-order valence-corrected chi connectivity index (χ1v) is 10.4. The summed E-state index contributed by atoms with van der Waals surface area (Å²) in [7, 11) is 0. The molecule has 0 unspecified atom stereocenters. The third-order valence-corrected chi connectivity index (χ3v) is 5.67. The van der Waals surface area contributed by atoms with Gasteiger partial charge in [-0.1, -0.05) is 20.8 Å². The molecule has 1 aliphatic carbocycles. The highest BCUT2D eigenvalue weighted by Gasteiger charge is 2.56. The zero-order valence-electron chi connectivity index (χ0n) is 18.7. The van der Waals surface area contributed by atoms with Crippen LogP contribution in [0, 0.1) is 11.3 Å². The van der Waals surface area contributed by atoms with Crippen LogP contribution in [0.4, 0.5) is 4.79 Å². The number of hydrogen-bond donors (Lipinski definition) is 1. The van der Waals surface area contributed by atoms with Crippen LogP contribution in [-0.4, -0.2) is 64.4 Å². The van der Waals surface area contributed by atoms with Gasteiger partial charge >= 0.3 is 12.0 Å². The first-order chi connectivity index (χ1) is 13.3. The summed E-state index contributed by atoms with van der Waals surface area (Å²) in [5, 5.41) is 2.83. The summed E-state index contributed by atoms with van der Waals surface area (Å²) in [6.45, 7) is 12.9. The lowest BCUT2D eigenvalue weighted by atomic mass is 9.64. The predicted molar refractivity (Wildman–Crippen MR) is 108 cm³/mol. The average Bonchev–Trinajstić information content (AvgIpc) is 2.73. The molecule has 4 amide bonds. The zero-order valence-corrected chi connectivity index (χ0v) is 18.7. The van der Waals surface area contributed by atoms with Gasteiger partial charge in [-0.15, -0.1) is 0 Å². The third-order valence-electron chi connectivity index (χ3n) is 5.67. The minimum atomic E-state index is -0.958. The maximum atomic E-state index is 13.0. The number of imide groups is 1. The number of amides is 4. The molecule has 2 aliphatic rings. The highest BCUT2D eigenvalue weighted by Crippen LogP contribution is 2.46. The molecule has 2 atom stereocenters. The third kappa shape index (κ3) is 5.08. The Morgan fingerprint density at radius 2 is 1.76 bits per heavy atom. The summed E-state index contributed by atoms with van der Waals surface area (Å²) >= 11 is 0. The standard InChI is InChI=1S/C21H35N3O5/c1-13(2)24(14(3)4)16(25)11-29-17(26)10-23-18(27)21(22-19(23)28)9-15(5)8-20(6,7)12-21/h13-15H,8-12H2,1-7H3,(H,22,28)/t15-,21+/m1/s1. The van der Waals surface area contributed by atoms with Gasteiger partial charge in [-0.25, -0.2) is 4.79 Å². The van der Waals surface area contributed by atoms with E-state index in [9.17, 15) is 19.2 Å². The van der Waals surface area contributed by atoms with Crippen LogP contribution in [0.25, 0.3) is 0 Å². The quantitative estimate of drug-likeness (QED) is 0.536. The summed E-state index contributed by atoms with van der Waals surface area (Å²) in [5.74, 6) is -1.17. The Morgan fingerprint density at radius 1 is 1.17 bits per heavy atom. The van der Waals surface area contributed by atoms with Crippen LogP contribution in [0.15, 0.2) is 0 Å². The van der Waals surface area contributed by atoms with Crippen LogP contribution in [-0.2, 0) is 19.1 Å². The molecule has 29 heavy (non-hydrogen) atoms. The highest BCUT2D eigenvalue weighted by molar-refractivity contribution is 6.08. The molecular formula is C21H35N3O5. The number of nitrogens with zero attached hydrogens (tertiary/aromatic N) is 2. The molecule has 1 aliphatic heterocycles. The van der Waals surface area contributed by atoms with Gasteiger partial charge in [-0.2, -0.15) is 0 Å². The van der Waals surface area contributed by atoms with Gasteiger partial charge in [0.15, 0.2) is 6.61 Å². The van der Waals surface area contributed by atoms with Crippen molar-refractivity contribution >= 4 is 23.8 Å². The van der Waals surface area contributed by atoms with Crippen LogP contribution in [0.1, 0.15) is 67.7 Å². The van der Waals surface area contributed by atoms with Gasteiger partial charge in [0.2, 0.25) is 0 Å². The summed E-state index contributed by atoms with van der Waals surface area (Å²) in [6.07, 6.45) is 2.07. The number of hydrogen-bond acceptors (Lipinski definition) is 5. The van der Waals surface area contributed by atoms with Crippen molar-refractivity contribution in [1.82, 2.24) is 15.1 Å². The SMILES string of the molecule is CC(C)N(C(=O)COC(=O)CN1C(=O)N[C@]2(C[C@H](C)CC(C)(C)C2)C1=O)C(C)C. The van der Waals surface area contributed by atoms with Crippen LogP contribution in [0.2, 0.25) is 0 Å². The van der Waals surface area contributed by atoms with Crippen molar-refractivity contribution in [1.29, 1.82) is 0 Å². The minimum Gasteiger partial charge on any atom is -0.454 e. The smallest absolute Gasteiger partial charge is 0.326 e. The molecule has 0 radical (unpaired) electrons. The number of urea groups is 1. The molecule has 2 rings (SSSR count). The van der Waals surface area contributed by atoms with Gasteiger partial charge in [0.1, 0.15) is 12.1 Å². The second kappa shape index (κ2) is 8.32. The number of ether oxygens (including phenoxy) is 1. The second-order valence-corrected chi connectivity index (χ2v) is 9.91. The molecule has 164 valence electrons. The molecule has 8 heteroatoms. The molecule has 1 N–H and O–H groups in total. The van der Waals surface area contributed by atoms with E-state index in [-0.39, 0.29) is 35.2 Å². The fourth-order valence-corrected chi connectivity index (χ4v) is 5.21. The topological polar surface area (TPSA) is 96.0 Å². The lowest BCUT2D eigenvalue weighted by Crippen LogP contribution is -2.54. The van der Waals surface area contributed by atoms with Gasteiger partial charge < -0.3 is 15.0 Å². The summed E-state index contributed by atoms with van der Waals surface area (Å²) in [6, 6.07) is -0.624. The molecule has 1 saturated heterocycles. The number of rotatable bonds is 6. The van der Waals surface area contributed by atoms with Crippen LogP contribution < -0.4 is 5.32 Å². The zero-order chi connectivity index (χ0) is 22.1. The maximum Gasteiger partial charge on any atom is 0.326 e. The summed E-state index contributed by atoms with van der Waals surface area (Å²) in [5.41, 5.74) is -1.04. The molecular weight excluding hydrogens is 374 g/mol. The molecule has 0 aromatic heterocycles. The average molecular weight is 410 g/mol. The van der Waals surface area contributed by atoms with Crippen molar-refractivity contribution in [3.05, 3.63) is 0 Å². The van der Waals surface area contributed by atoms with Gasteiger partial charge in [0.05, 0.1) is 0 Å². The molecule has 2 fully saturated rings. The van der Waals surface area contributed by atoms with Crippen molar-refractivity contribution in [2.45, 2.75) is 85.4 Å². The Bertz CT molecular complexity index is 680. The number of carbonyl (C=O) groups excluding carboxylic acids is 4. The van der Waals surface area contributed by atoms with Gasteiger partial charge in [-0.05, 0) is 58.3 Å². The van der Waals surface area contributed by atoms with E-state index in [1.54, 1.807) is 4.90 Å². The van der Waals surface area contributed by atoms with E-state index in [0.29, 0.717) is 12.8 Å². The monoisotopic (exact) mass is 409 g/mol. The number of carbonyl (C=O) groups is 4. The largest absolute Gasteiger partial charge is 0.454 e. The van der Waals surface area contributed by atoms with Crippen molar-refractivity contribution < 1.29 is 23.9 Å². The number of nitrogens with one attached hydrogen (secondary N) is 1. The molecule has 1 spiro atoms. The van der Waals surface area contributed by atoms with E-state index in [2.05, 4.69) is 26.1 Å². The fraction of sp³-hybridized carbons (Fsp3) is 0.810.